The minimum absolute atomic E-state index is 0.691. The van der Waals surface area contributed by atoms with E-state index in [0.717, 1.165) is 41.9 Å². The van der Waals surface area contributed by atoms with Crippen LogP contribution in [-0.4, -0.2) is 36.1 Å². The van der Waals surface area contributed by atoms with Crippen molar-refractivity contribution < 1.29 is 0 Å². The van der Waals surface area contributed by atoms with Crippen molar-refractivity contribution in [2.75, 3.05) is 25.0 Å². The number of nitrogens with zero attached hydrogens (tertiary/aromatic N) is 4. The maximum absolute atomic E-state index is 4.67. The highest BCUT2D eigenvalue weighted by atomic mass is 32.1. The summed E-state index contributed by atoms with van der Waals surface area (Å²) in [6, 6.07) is 4.29. The molecule has 0 bridgehead atoms. The van der Waals surface area contributed by atoms with Crippen LogP contribution in [0.25, 0.3) is 0 Å². The van der Waals surface area contributed by atoms with E-state index >= 15 is 0 Å². The van der Waals surface area contributed by atoms with E-state index in [-0.39, 0.29) is 0 Å². The highest BCUT2D eigenvalue weighted by molar-refractivity contribution is 7.11. The third-order valence-electron chi connectivity index (χ3n) is 4.78. The molecule has 3 heterocycles. The van der Waals surface area contributed by atoms with Crippen LogP contribution in [0.3, 0.4) is 0 Å². The third kappa shape index (κ3) is 5.92. The maximum Gasteiger partial charge on any atom is 0.191 e. The summed E-state index contributed by atoms with van der Waals surface area (Å²) < 4.78 is 0. The Hall–Kier alpha value is -2.15. The molecule has 146 valence electrons. The fourth-order valence-corrected chi connectivity index (χ4v) is 3.97. The monoisotopic (exact) mass is 386 g/mol. The van der Waals surface area contributed by atoms with Crippen LogP contribution in [0.15, 0.2) is 29.5 Å². The normalized spacial score (nSPS) is 15.5. The fraction of sp³-hybridized carbons (Fsp3) is 0.550. The largest absolute Gasteiger partial charge is 0.357 e. The predicted octanol–water partition coefficient (Wildman–Crippen LogP) is 3.35. The second kappa shape index (κ2) is 10.3. The predicted molar refractivity (Wildman–Crippen MR) is 113 cm³/mol. The number of aryl methyl sites for hydroxylation is 1. The number of aromatic nitrogens is 2. The van der Waals surface area contributed by atoms with Gasteiger partial charge in [0.15, 0.2) is 5.96 Å². The van der Waals surface area contributed by atoms with Crippen LogP contribution in [0.4, 0.5) is 5.82 Å². The molecule has 0 aromatic carbocycles. The fourth-order valence-electron chi connectivity index (χ4n) is 3.17. The van der Waals surface area contributed by atoms with Crippen molar-refractivity contribution >= 4 is 23.1 Å². The molecule has 1 fully saturated rings. The summed E-state index contributed by atoms with van der Waals surface area (Å²) in [4.78, 5) is 17.1. The Morgan fingerprint density at radius 2 is 1.85 bits per heavy atom. The molecule has 1 aliphatic heterocycles. The lowest BCUT2D eigenvalue weighted by Gasteiger charge is -2.21. The van der Waals surface area contributed by atoms with Crippen LogP contribution in [0.2, 0.25) is 0 Å². The van der Waals surface area contributed by atoms with Gasteiger partial charge in [-0.2, -0.15) is 0 Å². The first kappa shape index (κ1) is 19.6. The van der Waals surface area contributed by atoms with Gasteiger partial charge in [-0.15, -0.1) is 11.3 Å². The number of hydrogen-bond acceptors (Lipinski definition) is 5. The van der Waals surface area contributed by atoms with Crippen molar-refractivity contribution in [3.05, 3.63) is 40.0 Å². The highest BCUT2D eigenvalue weighted by Crippen LogP contribution is 2.17. The van der Waals surface area contributed by atoms with Gasteiger partial charge in [0.1, 0.15) is 10.8 Å². The van der Waals surface area contributed by atoms with E-state index in [4.69, 9.17) is 0 Å². The van der Waals surface area contributed by atoms with E-state index in [9.17, 15) is 0 Å². The number of guanidine groups is 1. The number of hydrogen-bond donors (Lipinski definition) is 2. The van der Waals surface area contributed by atoms with E-state index in [0.29, 0.717) is 13.1 Å². The number of thiazole rings is 1. The summed E-state index contributed by atoms with van der Waals surface area (Å²) in [5.41, 5.74) is 1.15. The summed E-state index contributed by atoms with van der Waals surface area (Å²) in [5, 5.41) is 7.75. The van der Waals surface area contributed by atoms with Gasteiger partial charge in [-0.1, -0.05) is 25.8 Å². The molecule has 0 saturated carbocycles. The van der Waals surface area contributed by atoms with Gasteiger partial charge in [0.05, 0.1) is 6.54 Å². The molecule has 3 rings (SSSR count). The first-order valence-electron chi connectivity index (χ1n) is 9.86. The minimum Gasteiger partial charge on any atom is -0.357 e. The number of pyridine rings is 1. The Kier molecular flexibility index (Phi) is 7.45. The van der Waals surface area contributed by atoms with Crippen LogP contribution < -0.4 is 15.5 Å². The summed E-state index contributed by atoms with van der Waals surface area (Å²) in [5.74, 6) is 1.87. The zero-order valence-corrected chi connectivity index (χ0v) is 17.2. The van der Waals surface area contributed by atoms with E-state index in [1.807, 2.05) is 12.4 Å². The molecule has 0 aliphatic carbocycles. The number of nitrogens with one attached hydrogen (secondary N) is 2. The number of rotatable bonds is 6. The van der Waals surface area contributed by atoms with Crippen molar-refractivity contribution in [3.8, 4) is 0 Å². The molecule has 2 aromatic heterocycles. The second-order valence-electron chi connectivity index (χ2n) is 6.78. The van der Waals surface area contributed by atoms with Gasteiger partial charge in [-0.25, -0.2) is 9.97 Å². The summed E-state index contributed by atoms with van der Waals surface area (Å²) in [7, 11) is 1.79. The standard InChI is InChI=1S/C20H30N6S/c1-3-17-14-23-19(27-17)15-25-20(21-2)24-13-16-8-9-18(22-12-16)26-10-6-4-5-7-11-26/h8-9,12,14H,3-7,10-11,13,15H2,1-2H3,(H2,21,24,25). The van der Waals surface area contributed by atoms with Gasteiger partial charge in [0, 0.05) is 44.0 Å². The van der Waals surface area contributed by atoms with Crippen LogP contribution in [-0.2, 0) is 19.5 Å². The molecule has 0 radical (unpaired) electrons. The molecule has 2 aromatic rings. The molecule has 0 amide bonds. The zero-order chi connectivity index (χ0) is 18.9. The molecule has 6 nitrogen and oxygen atoms in total. The Balaban J connectivity index is 1.47. The van der Waals surface area contributed by atoms with E-state index in [2.05, 4.69) is 49.6 Å². The first-order chi connectivity index (χ1) is 13.3. The van der Waals surface area contributed by atoms with Crippen LogP contribution in [0.1, 0.15) is 48.1 Å². The number of aliphatic imine (C=N–C) groups is 1. The first-order valence-corrected chi connectivity index (χ1v) is 10.7. The van der Waals surface area contributed by atoms with Gasteiger partial charge in [0.2, 0.25) is 0 Å². The van der Waals surface area contributed by atoms with Crippen molar-refractivity contribution in [2.24, 2.45) is 4.99 Å². The Labute approximate surface area is 166 Å². The Morgan fingerprint density at radius 1 is 1.07 bits per heavy atom. The average molecular weight is 387 g/mol. The van der Waals surface area contributed by atoms with Crippen molar-refractivity contribution in [2.45, 2.75) is 52.1 Å². The van der Waals surface area contributed by atoms with E-state index in [1.165, 1.54) is 30.6 Å². The molecular formula is C20H30N6S. The molecule has 27 heavy (non-hydrogen) atoms. The van der Waals surface area contributed by atoms with Crippen molar-refractivity contribution in [1.29, 1.82) is 0 Å². The minimum atomic E-state index is 0.691. The molecule has 0 atom stereocenters. The molecule has 1 saturated heterocycles. The summed E-state index contributed by atoms with van der Waals surface area (Å²) in [6.07, 6.45) is 10.2. The quantitative estimate of drug-likeness (QED) is 0.589. The molecule has 0 unspecified atom stereocenters. The Bertz CT molecular complexity index is 716. The molecule has 0 spiro atoms. The topological polar surface area (TPSA) is 65.4 Å². The van der Waals surface area contributed by atoms with Gasteiger partial charge in [-0.3, -0.25) is 4.99 Å². The molecule has 1 aliphatic rings. The van der Waals surface area contributed by atoms with Gasteiger partial charge < -0.3 is 15.5 Å². The lowest BCUT2D eigenvalue weighted by molar-refractivity contribution is 0.726. The van der Waals surface area contributed by atoms with E-state index in [1.54, 1.807) is 18.4 Å². The van der Waals surface area contributed by atoms with E-state index < -0.39 is 0 Å². The van der Waals surface area contributed by atoms with Gasteiger partial charge in [-0.05, 0) is 30.9 Å². The highest BCUT2D eigenvalue weighted by Gasteiger charge is 2.11. The van der Waals surface area contributed by atoms with Crippen molar-refractivity contribution in [3.63, 3.8) is 0 Å². The summed E-state index contributed by atoms with van der Waals surface area (Å²) in [6.45, 7) is 5.79. The van der Waals surface area contributed by atoms with Gasteiger partial charge >= 0.3 is 0 Å². The third-order valence-corrected chi connectivity index (χ3v) is 5.92. The average Bonchev–Trinajstić information content (AvgIpc) is 3.00. The molecule has 2 N–H and O–H groups in total. The Morgan fingerprint density at radius 3 is 2.48 bits per heavy atom. The van der Waals surface area contributed by atoms with Crippen LogP contribution >= 0.6 is 11.3 Å². The maximum atomic E-state index is 4.67. The zero-order valence-electron chi connectivity index (χ0n) is 16.4. The second-order valence-corrected chi connectivity index (χ2v) is 7.98. The van der Waals surface area contributed by atoms with Gasteiger partial charge in [0.25, 0.3) is 0 Å². The smallest absolute Gasteiger partial charge is 0.191 e. The molecule has 7 heteroatoms. The van der Waals surface area contributed by atoms with Crippen LogP contribution in [0, 0.1) is 0 Å². The van der Waals surface area contributed by atoms with Crippen molar-refractivity contribution in [1.82, 2.24) is 20.6 Å². The molecular weight excluding hydrogens is 356 g/mol. The SMILES string of the molecule is CCc1cnc(CNC(=NC)NCc2ccc(N3CCCCCC3)nc2)s1. The lowest BCUT2D eigenvalue weighted by Crippen LogP contribution is -2.36. The number of anilines is 1. The summed E-state index contributed by atoms with van der Waals surface area (Å²) >= 11 is 1.75. The van der Waals surface area contributed by atoms with Crippen LogP contribution in [0.5, 0.6) is 0 Å². The lowest BCUT2D eigenvalue weighted by atomic mass is 10.2.